The van der Waals surface area contributed by atoms with Crippen LogP contribution in [0.25, 0.3) is 0 Å². The Morgan fingerprint density at radius 2 is 1.85 bits per heavy atom. The number of carboxylic acid groups (broad SMARTS) is 1. The Hall–Kier alpha value is -0.790. The number of hydrogen-bond acceptors (Lipinski definition) is 1. The zero-order valence-electron chi connectivity index (χ0n) is 9.05. The van der Waals surface area contributed by atoms with E-state index in [2.05, 4.69) is 26.0 Å². The average molecular weight is 186 g/mol. The van der Waals surface area contributed by atoms with Gasteiger partial charge in [-0.25, -0.2) is 0 Å². The number of hydrogen-bond donors (Lipinski definition) is 1. The van der Waals surface area contributed by atoms with Gasteiger partial charge in [0.25, 0.3) is 5.97 Å². The molecule has 0 amide bonds. The molecule has 0 aromatic carbocycles. The van der Waals surface area contributed by atoms with E-state index in [1.54, 1.807) is 0 Å². The summed E-state index contributed by atoms with van der Waals surface area (Å²) in [4.78, 5) is 9.00. The van der Waals surface area contributed by atoms with Gasteiger partial charge in [-0.1, -0.05) is 38.3 Å². The standard InChI is InChI=1S/C9H18.C2H4O2/c1-3-5-7-9-8-6-4-2;1-2(3)4/h3,5H,4,6-9H2,1-2H3;1H3,(H,3,4)/b5-3+;. The number of allylic oxidation sites excluding steroid dienone is 2. The van der Waals surface area contributed by atoms with Crippen molar-refractivity contribution in [2.75, 3.05) is 0 Å². The largest absolute Gasteiger partial charge is 0.481 e. The van der Waals surface area contributed by atoms with E-state index in [0.717, 1.165) is 6.92 Å². The summed E-state index contributed by atoms with van der Waals surface area (Å²) in [7, 11) is 0. The van der Waals surface area contributed by atoms with Gasteiger partial charge in [0.05, 0.1) is 0 Å². The predicted octanol–water partition coefficient (Wildman–Crippen LogP) is 3.62. The quantitative estimate of drug-likeness (QED) is 0.526. The van der Waals surface area contributed by atoms with Crippen LogP contribution < -0.4 is 0 Å². The monoisotopic (exact) mass is 186 g/mol. The van der Waals surface area contributed by atoms with Crippen LogP contribution in [0.3, 0.4) is 0 Å². The van der Waals surface area contributed by atoms with Crippen LogP contribution in [0.4, 0.5) is 0 Å². The van der Waals surface area contributed by atoms with Crippen molar-refractivity contribution in [3.8, 4) is 0 Å². The van der Waals surface area contributed by atoms with Crippen molar-refractivity contribution >= 4 is 5.97 Å². The minimum Gasteiger partial charge on any atom is -0.481 e. The zero-order valence-corrected chi connectivity index (χ0v) is 9.05. The lowest BCUT2D eigenvalue weighted by molar-refractivity contribution is -0.134. The lowest BCUT2D eigenvalue weighted by Gasteiger charge is -1.92. The van der Waals surface area contributed by atoms with Crippen molar-refractivity contribution in [3.63, 3.8) is 0 Å². The summed E-state index contributed by atoms with van der Waals surface area (Å²) in [6, 6.07) is 0. The van der Waals surface area contributed by atoms with Crippen molar-refractivity contribution in [2.45, 2.75) is 52.9 Å². The molecule has 0 aromatic rings. The summed E-state index contributed by atoms with van der Waals surface area (Å²) in [5.41, 5.74) is 0. The maximum Gasteiger partial charge on any atom is 0.300 e. The highest BCUT2D eigenvalue weighted by atomic mass is 16.4. The molecule has 13 heavy (non-hydrogen) atoms. The van der Waals surface area contributed by atoms with E-state index in [0.29, 0.717) is 0 Å². The molecule has 0 fully saturated rings. The van der Waals surface area contributed by atoms with Crippen LogP contribution in [0.1, 0.15) is 52.9 Å². The van der Waals surface area contributed by atoms with Gasteiger partial charge in [0.2, 0.25) is 0 Å². The van der Waals surface area contributed by atoms with Gasteiger partial charge in [-0.05, 0) is 19.8 Å². The highest BCUT2D eigenvalue weighted by Gasteiger charge is 1.82. The Morgan fingerprint density at radius 3 is 2.23 bits per heavy atom. The third-order valence-corrected chi connectivity index (χ3v) is 1.46. The lowest BCUT2D eigenvalue weighted by Crippen LogP contribution is -1.78. The van der Waals surface area contributed by atoms with Crippen LogP contribution in [0.2, 0.25) is 0 Å². The summed E-state index contributed by atoms with van der Waals surface area (Å²) < 4.78 is 0. The Morgan fingerprint density at radius 1 is 1.31 bits per heavy atom. The number of aliphatic carboxylic acids is 1. The number of rotatable bonds is 5. The third kappa shape index (κ3) is 35.0. The first kappa shape index (κ1) is 14.7. The molecule has 1 N–H and O–H groups in total. The molecule has 0 bridgehead atoms. The second kappa shape index (κ2) is 13.8. The summed E-state index contributed by atoms with van der Waals surface area (Å²) in [6.07, 6.45) is 11.2. The van der Waals surface area contributed by atoms with E-state index >= 15 is 0 Å². The number of carboxylic acids is 1. The summed E-state index contributed by atoms with van der Waals surface area (Å²) in [5.74, 6) is -0.833. The van der Waals surface area contributed by atoms with E-state index in [1.165, 1.54) is 32.1 Å². The number of unbranched alkanes of at least 4 members (excludes halogenated alkanes) is 4. The van der Waals surface area contributed by atoms with Crippen molar-refractivity contribution in [1.29, 1.82) is 0 Å². The van der Waals surface area contributed by atoms with Gasteiger partial charge in [-0.15, -0.1) is 0 Å². The van der Waals surface area contributed by atoms with E-state index in [4.69, 9.17) is 9.90 Å². The normalized spacial score (nSPS) is 9.46. The molecule has 2 heteroatoms. The summed E-state index contributed by atoms with van der Waals surface area (Å²) >= 11 is 0. The molecule has 0 rings (SSSR count). The first-order valence-electron chi connectivity index (χ1n) is 4.95. The van der Waals surface area contributed by atoms with Crippen LogP contribution in [-0.2, 0) is 4.79 Å². The molecule has 0 radical (unpaired) electrons. The second-order valence-corrected chi connectivity index (χ2v) is 2.94. The molecule has 0 saturated heterocycles. The zero-order chi connectivity index (χ0) is 10.5. The van der Waals surface area contributed by atoms with Crippen molar-refractivity contribution < 1.29 is 9.90 Å². The van der Waals surface area contributed by atoms with Gasteiger partial charge in [-0.2, -0.15) is 0 Å². The van der Waals surface area contributed by atoms with Crippen LogP contribution in [0.15, 0.2) is 12.2 Å². The van der Waals surface area contributed by atoms with Gasteiger partial charge in [0, 0.05) is 6.92 Å². The fraction of sp³-hybridized carbons (Fsp3) is 0.727. The average Bonchev–Trinajstić information content (AvgIpc) is 2.03. The van der Waals surface area contributed by atoms with E-state index in [-0.39, 0.29) is 0 Å². The number of carbonyl (C=O) groups is 1. The van der Waals surface area contributed by atoms with Crippen LogP contribution >= 0.6 is 0 Å². The Labute approximate surface area is 81.7 Å². The molecule has 0 aliphatic carbocycles. The maximum absolute atomic E-state index is 9.00. The van der Waals surface area contributed by atoms with E-state index in [9.17, 15) is 0 Å². The molecule has 78 valence electrons. The van der Waals surface area contributed by atoms with Crippen LogP contribution in [0.5, 0.6) is 0 Å². The SMILES string of the molecule is C/C=C/CCCCCC.CC(=O)O. The van der Waals surface area contributed by atoms with E-state index in [1.807, 2.05) is 0 Å². The molecular weight excluding hydrogens is 164 g/mol. The highest BCUT2D eigenvalue weighted by Crippen LogP contribution is 2.02. The van der Waals surface area contributed by atoms with Gasteiger partial charge in [-0.3, -0.25) is 4.79 Å². The fourth-order valence-corrected chi connectivity index (χ4v) is 0.856. The van der Waals surface area contributed by atoms with Gasteiger partial charge in [0.15, 0.2) is 0 Å². The maximum atomic E-state index is 9.00. The first-order valence-corrected chi connectivity index (χ1v) is 4.95. The molecule has 0 spiro atoms. The first-order chi connectivity index (χ1) is 6.15. The third-order valence-electron chi connectivity index (χ3n) is 1.46. The van der Waals surface area contributed by atoms with Crippen LogP contribution in [0, 0.1) is 0 Å². The smallest absolute Gasteiger partial charge is 0.300 e. The molecule has 0 unspecified atom stereocenters. The fourth-order valence-electron chi connectivity index (χ4n) is 0.856. The molecular formula is C11H22O2. The van der Waals surface area contributed by atoms with Gasteiger partial charge < -0.3 is 5.11 Å². The Bertz CT molecular complexity index is 124. The second-order valence-electron chi connectivity index (χ2n) is 2.94. The molecule has 0 aromatic heterocycles. The van der Waals surface area contributed by atoms with Crippen molar-refractivity contribution in [1.82, 2.24) is 0 Å². The van der Waals surface area contributed by atoms with Crippen LogP contribution in [-0.4, -0.2) is 11.1 Å². The molecule has 0 aliphatic rings. The Kier molecular flexibility index (Phi) is 15.6. The Balaban J connectivity index is 0. The van der Waals surface area contributed by atoms with E-state index < -0.39 is 5.97 Å². The van der Waals surface area contributed by atoms with Gasteiger partial charge >= 0.3 is 0 Å². The van der Waals surface area contributed by atoms with Crippen molar-refractivity contribution in [2.24, 2.45) is 0 Å². The van der Waals surface area contributed by atoms with Crippen molar-refractivity contribution in [3.05, 3.63) is 12.2 Å². The molecule has 0 saturated carbocycles. The summed E-state index contributed by atoms with van der Waals surface area (Å²) in [5, 5.41) is 7.42. The predicted molar refractivity (Wildman–Crippen MR) is 56.9 cm³/mol. The minimum absolute atomic E-state index is 0.833. The highest BCUT2D eigenvalue weighted by molar-refractivity contribution is 5.62. The summed E-state index contributed by atoms with van der Waals surface area (Å²) in [6.45, 7) is 5.41. The molecule has 0 heterocycles. The molecule has 2 nitrogen and oxygen atoms in total. The topological polar surface area (TPSA) is 37.3 Å². The van der Waals surface area contributed by atoms with Gasteiger partial charge in [0.1, 0.15) is 0 Å². The minimum atomic E-state index is -0.833. The molecule has 0 atom stereocenters. The molecule has 0 aliphatic heterocycles. The lowest BCUT2D eigenvalue weighted by atomic mass is 10.1.